The van der Waals surface area contributed by atoms with E-state index in [1.807, 2.05) is 0 Å². The number of alkyl halides is 3. The number of carbonyl (C=O) groups is 2. The van der Waals surface area contributed by atoms with Crippen molar-refractivity contribution in [2.75, 3.05) is 13.7 Å². The zero-order valence-corrected chi connectivity index (χ0v) is 17.7. The molecule has 1 aliphatic heterocycles. The average molecular weight is 466 g/mol. The van der Waals surface area contributed by atoms with Crippen LogP contribution in [0.1, 0.15) is 37.8 Å². The van der Waals surface area contributed by atoms with Crippen molar-refractivity contribution in [1.29, 1.82) is 0 Å². The zero-order valence-electron chi connectivity index (χ0n) is 17.0. The zero-order chi connectivity index (χ0) is 23.7. The maximum Gasteiger partial charge on any atom is 0.418 e. The van der Waals surface area contributed by atoms with Gasteiger partial charge in [0.2, 0.25) is 0 Å². The Kier molecular flexibility index (Phi) is 7.38. The Morgan fingerprint density at radius 2 is 1.84 bits per heavy atom. The number of hydrogen-bond donors (Lipinski definition) is 2. The summed E-state index contributed by atoms with van der Waals surface area (Å²) in [6.07, 6.45) is -5.79. The predicted octanol–water partition coefficient (Wildman–Crippen LogP) is 3.83. The van der Waals surface area contributed by atoms with Gasteiger partial charge in [0.25, 0.3) is 0 Å². The van der Waals surface area contributed by atoms with Crippen molar-refractivity contribution in [2.45, 2.75) is 39.0 Å². The van der Waals surface area contributed by atoms with Crippen molar-refractivity contribution in [3.63, 3.8) is 0 Å². The molecule has 170 valence electrons. The van der Waals surface area contributed by atoms with Gasteiger partial charge in [-0.25, -0.2) is 14.0 Å². The maximum atomic E-state index is 15.0. The van der Waals surface area contributed by atoms with E-state index in [4.69, 9.17) is 16.3 Å². The highest BCUT2D eigenvalue weighted by Gasteiger charge is 2.46. The first-order chi connectivity index (χ1) is 14.3. The van der Waals surface area contributed by atoms with Gasteiger partial charge >= 0.3 is 18.1 Å². The van der Waals surface area contributed by atoms with Crippen LogP contribution in [0.4, 0.5) is 17.6 Å². The molecule has 0 spiro atoms. The second-order valence-electron chi connectivity index (χ2n) is 6.91. The number of esters is 2. The van der Waals surface area contributed by atoms with Gasteiger partial charge in [-0.3, -0.25) is 0 Å². The lowest BCUT2D eigenvalue weighted by molar-refractivity contribution is -0.144. The highest BCUT2D eigenvalue weighted by atomic mass is 35.5. The van der Waals surface area contributed by atoms with Gasteiger partial charge in [-0.15, -0.1) is 0 Å². The van der Waals surface area contributed by atoms with Crippen LogP contribution in [-0.2, 0) is 25.2 Å². The topological polar surface area (TPSA) is 84.9 Å². The summed E-state index contributed by atoms with van der Waals surface area (Å²) in [5, 5.41) is 11.5. The number of nitrogens with one attached hydrogen (secondary N) is 1. The third-order valence-electron chi connectivity index (χ3n) is 4.48. The molecule has 2 rings (SSSR count). The van der Waals surface area contributed by atoms with Gasteiger partial charge in [-0.1, -0.05) is 11.6 Å². The number of aliphatic hydroxyl groups is 1. The predicted molar refractivity (Wildman–Crippen MR) is 102 cm³/mol. The minimum Gasteiger partial charge on any atom is -0.466 e. The van der Waals surface area contributed by atoms with Gasteiger partial charge in [-0.2, -0.15) is 13.2 Å². The van der Waals surface area contributed by atoms with Crippen LogP contribution in [0.2, 0.25) is 5.02 Å². The number of dihydropyridines is 1. The molecule has 0 fully saturated rings. The Morgan fingerprint density at radius 1 is 1.23 bits per heavy atom. The number of benzene rings is 1. The van der Waals surface area contributed by atoms with Crippen LogP contribution in [0, 0.1) is 5.82 Å². The molecule has 1 heterocycles. The Labute approximate surface area is 180 Å². The van der Waals surface area contributed by atoms with Crippen molar-refractivity contribution in [2.24, 2.45) is 0 Å². The van der Waals surface area contributed by atoms with E-state index in [-0.39, 0.29) is 11.4 Å². The highest BCUT2D eigenvalue weighted by molar-refractivity contribution is 6.31. The Balaban J connectivity index is 2.98. The van der Waals surface area contributed by atoms with Crippen molar-refractivity contribution in [3.8, 4) is 0 Å². The van der Waals surface area contributed by atoms with E-state index >= 15 is 0 Å². The molecule has 0 bridgehead atoms. The summed E-state index contributed by atoms with van der Waals surface area (Å²) in [7, 11) is 0.956. The monoisotopic (exact) mass is 465 g/mol. The molecular weight excluding hydrogens is 446 g/mol. The third kappa shape index (κ3) is 4.85. The van der Waals surface area contributed by atoms with Crippen LogP contribution < -0.4 is 5.32 Å². The number of allylic oxidation sites excluding steroid dienone is 1. The maximum absolute atomic E-state index is 15.0. The summed E-state index contributed by atoms with van der Waals surface area (Å²) in [6.45, 7) is 3.52. The number of aliphatic hydroxyl groups excluding tert-OH is 1. The van der Waals surface area contributed by atoms with E-state index in [1.54, 1.807) is 0 Å². The standard InChI is InChI=1S/C20H20ClF4NO5/c1-8(2)31-19(29)13-9(3)26-12(7-27)15(18(28)30-4)16(13)14-11(22)6-5-10(21)17(14)20(23,24)25/h5-6,8,16,26-27H,7H2,1-4H3. The summed E-state index contributed by atoms with van der Waals surface area (Å²) in [5.74, 6) is -5.50. The van der Waals surface area contributed by atoms with Crippen molar-refractivity contribution in [1.82, 2.24) is 5.32 Å². The molecule has 0 aromatic heterocycles. The number of hydrogen-bond acceptors (Lipinski definition) is 6. The fourth-order valence-corrected chi connectivity index (χ4v) is 3.62. The number of carbonyl (C=O) groups excluding carboxylic acids is 2. The van der Waals surface area contributed by atoms with Gasteiger partial charge in [0.1, 0.15) is 5.82 Å². The van der Waals surface area contributed by atoms with Crippen LogP contribution in [0.25, 0.3) is 0 Å². The average Bonchev–Trinajstić information content (AvgIpc) is 2.66. The summed E-state index contributed by atoms with van der Waals surface area (Å²) in [5.41, 5.74) is -3.90. The van der Waals surface area contributed by atoms with Crippen LogP contribution in [0.3, 0.4) is 0 Å². The van der Waals surface area contributed by atoms with Crippen LogP contribution in [0.5, 0.6) is 0 Å². The van der Waals surface area contributed by atoms with Crippen LogP contribution in [0.15, 0.2) is 34.7 Å². The minimum absolute atomic E-state index is 0.0279. The van der Waals surface area contributed by atoms with Crippen molar-refractivity contribution >= 4 is 23.5 Å². The molecule has 1 aliphatic rings. The SMILES string of the molecule is COC(=O)C1=C(CO)NC(C)=C(C(=O)OC(C)C)C1c1c(F)ccc(Cl)c1C(F)(F)F. The van der Waals surface area contributed by atoms with Gasteiger partial charge in [-0.05, 0) is 32.9 Å². The summed E-state index contributed by atoms with van der Waals surface area (Å²) in [4.78, 5) is 25.3. The van der Waals surface area contributed by atoms with E-state index < -0.39 is 69.9 Å². The Hall–Kier alpha value is -2.59. The lowest BCUT2D eigenvalue weighted by Gasteiger charge is -2.32. The molecule has 31 heavy (non-hydrogen) atoms. The van der Waals surface area contributed by atoms with E-state index in [2.05, 4.69) is 10.1 Å². The van der Waals surface area contributed by atoms with E-state index in [9.17, 15) is 32.3 Å². The number of ether oxygens (including phenoxy) is 2. The summed E-state index contributed by atoms with van der Waals surface area (Å²) >= 11 is 5.77. The quantitative estimate of drug-likeness (QED) is 0.508. The number of rotatable bonds is 5. The van der Waals surface area contributed by atoms with E-state index in [0.717, 1.165) is 13.2 Å². The minimum atomic E-state index is -5.12. The molecule has 0 radical (unpaired) electrons. The molecule has 11 heteroatoms. The molecule has 6 nitrogen and oxygen atoms in total. The highest BCUT2D eigenvalue weighted by Crippen LogP contribution is 2.47. The largest absolute Gasteiger partial charge is 0.466 e. The lowest BCUT2D eigenvalue weighted by atomic mass is 9.78. The van der Waals surface area contributed by atoms with Crippen LogP contribution in [-0.4, -0.2) is 36.9 Å². The molecule has 2 N–H and O–H groups in total. The van der Waals surface area contributed by atoms with Gasteiger partial charge in [0.15, 0.2) is 0 Å². The molecule has 1 aromatic carbocycles. The molecular formula is C20H20ClF4NO5. The number of halogens is 5. The summed E-state index contributed by atoms with van der Waals surface area (Å²) in [6, 6.07) is 1.42. The molecule has 1 unspecified atom stereocenters. The smallest absolute Gasteiger partial charge is 0.418 e. The second-order valence-corrected chi connectivity index (χ2v) is 7.32. The third-order valence-corrected chi connectivity index (χ3v) is 4.80. The molecule has 1 aromatic rings. The van der Waals surface area contributed by atoms with Crippen molar-refractivity contribution < 1.29 is 41.7 Å². The summed E-state index contributed by atoms with van der Waals surface area (Å²) < 4.78 is 66.4. The first-order valence-electron chi connectivity index (χ1n) is 9.01. The van der Waals surface area contributed by atoms with Crippen molar-refractivity contribution in [3.05, 3.63) is 56.6 Å². The van der Waals surface area contributed by atoms with Crippen LogP contribution >= 0.6 is 11.6 Å². The Morgan fingerprint density at radius 3 is 2.32 bits per heavy atom. The van der Waals surface area contributed by atoms with E-state index in [1.165, 1.54) is 20.8 Å². The molecule has 0 aliphatic carbocycles. The van der Waals surface area contributed by atoms with Gasteiger partial charge in [0, 0.05) is 11.3 Å². The molecule has 0 saturated heterocycles. The molecule has 1 atom stereocenters. The molecule has 0 saturated carbocycles. The normalized spacial score (nSPS) is 17.1. The molecule has 0 amide bonds. The van der Waals surface area contributed by atoms with Gasteiger partial charge in [0.05, 0.1) is 53.2 Å². The first-order valence-corrected chi connectivity index (χ1v) is 9.38. The first kappa shape index (κ1) is 24.7. The fourth-order valence-electron chi connectivity index (χ4n) is 3.35. The fraction of sp³-hybridized carbons (Fsp3) is 0.400. The second kappa shape index (κ2) is 9.27. The van der Waals surface area contributed by atoms with Gasteiger partial charge < -0.3 is 19.9 Å². The van der Waals surface area contributed by atoms with E-state index in [0.29, 0.717) is 6.07 Å². The lowest BCUT2D eigenvalue weighted by Crippen LogP contribution is -2.36. The number of methoxy groups -OCH3 is 1. The Bertz CT molecular complexity index is 969.